The summed E-state index contributed by atoms with van der Waals surface area (Å²) in [5.41, 5.74) is 4.07. The number of fused-ring (bicyclic) bond motifs is 4. The van der Waals surface area contributed by atoms with Crippen molar-refractivity contribution in [2.24, 2.45) is 0 Å². The first-order chi connectivity index (χ1) is 14.0. The first-order valence-corrected chi connectivity index (χ1v) is 10.1. The molecular formula is C24H23N3O2. The number of para-hydroxylation sites is 1. The van der Waals surface area contributed by atoms with Crippen LogP contribution in [0.3, 0.4) is 0 Å². The van der Waals surface area contributed by atoms with Gasteiger partial charge < -0.3 is 14.5 Å². The van der Waals surface area contributed by atoms with Gasteiger partial charge in [-0.05, 0) is 26.0 Å². The van der Waals surface area contributed by atoms with Crippen LogP contribution in [0.15, 0.2) is 59.5 Å². The summed E-state index contributed by atoms with van der Waals surface area (Å²) in [6, 6.07) is 15.6. The second kappa shape index (κ2) is 6.62. The molecule has 0 atom stereocenters. The molecule has 5 nitrogen and oxygen atoms in total. The van der Waals surface area contributed by atoms with Crippen LogP contribution in [0.4, 0.5) is 0 Å². The number of aromatic nitrogens is 2. The molecule has 5 rings (SSSR count). The molecule has 1 aliphatic heterocycles. The Morgan fingerprint density at radius 2 is 1.69 bits per heavy atom. The van der Waals surface area contributed by atoms with E-state index >= 15 is 0 Å². The van der Waals surface area contributed by atoms with Gasteiger partial charge >= 0.3 is 0 Å². The first-order valence-electron chi connectivity index (χ1n) is 10.1. The van der Waals surface area contributed by atoms with Crippen LogP contribution in [0.1, 0.15) is 41.5 Å². The number of pyridine rings is 1. The number of carbonyl (C=O) groups excluding carboxylic acids is 1. The molecule has 146 valence electrons. The largest absolute Gasteiger partial charge is 0.358 e. The van der Waals surface area contributed by atoms with Crippen molar-refractivity contribution in [1.29, 1.82) is 0 Å². The van der Waals surface area contributed by atoms with Crippen LogP contribution < -0.4 is 5.56 Å². The summed E-state index contributed by atoms with van der Waals surface area (Å²) >= 11 is 0. The third-order valence-electron chi connectivity index (χ3n) is 5.91. The predicted molar refractivity (Wildman–Crippen MR) is 115 cm³/mol. The zero-order chi connectivity index (χ0) is 20.1. The summed E-state index contributed by atoms with van der Waals surface area (Å²) in [6.07, 6.45) is 2.54. The lowest BCUT2D eigenvalue weighted by atomic mass is 10.0. The Bertz CT molecular complexity index is 1310. The number of hydrogen-bond acceptors (Lipinski definition) is 2. The summed E-state index contributed by atoms with van der Waals surface area (Å²) in [6.45, 7) is 5.16. The highest BCUT2D eigenvalue weighted by atomic mass is 16.2. The molecule has 2 aromatic heterocycles. The maximum atomic E-state index is 13.6. The summed E-state index contributed by atoms with van der Waals surface area (Å²) < 4.78 is 1.66. The van der Waals surface area contributed by atoms with Gasteiger partial charge in [0.25, 0.3) is 11.5 Å². The highest BCUT2D eigenvalue weighted by molar-refractivity contribution is 6.06. The topological polar surface area (TPSA) is 58.1 Å². The molecule has 0 unspecified atom stereocenters. The molecule has 29 heavy (non-hydrogen) atoms. The van der Waals surface area contributed by atoms with Gasteiger partial charge in [-0.15, -0.1) is 0 Å². The molecule has 4 aromatic rings. The highest BCUT2D eigenvalue weighted by Crippen LogP contribution is 2.29. The summed E-state index contributed by atoms with van der Waals surface area (Å²) in [7, 11) is 0. The van der Waals surface area contributed by atoms with Gasteiger partial charge in [0.1, 0.15) is 0 Å². The number of benzene rings is 2. The van der Waals surface area contributed by atoms with Gasteiger partial charge in [0.15, 0.2) is 0 Å². The molecule has 0 saturated carbocycles. The Hall–Kier alpha value is -3.34. The second-order valence-corrected chi connectivity index (χ2v) is 8.00. The van der Waals surface area contributed by atoms with Crippen molar-refractivity contribution >= 4 is 27.6 Å². The van der Waals surface area contributed by atoms with Gasteiger partial charge in [-0.25, -0.2) is 0 Å². The van der Waals surface area contributed by atoms with Crippen LogP contribution in [0, 0.1) is 0 Å². The maximum Gasteiger partial charge on any atom is 0.258 e. The summed E-state index contributed by atoms with van der Waals surface area (Å²) in [4.78, 5) is 31.8. The number of aromatic amines is 1. The van der Waals surface area contributed by atoms with E-state index < -0.39 is 0 Å². The molecule has 0 radical (unpaired) electrons. The maximum absolute atomic E-state index is 13.6. The molecule has 1 amide bonds. The normalized spacial score (nSPS) is 14.0. The lowest BCUT2D eigenvalue weighted by Crippen LogP contribution is -2.37. The lowest BCUT2D eigenvalue weighted by molar-refractivity contribution is 0.0736. The van der Waals surface area contributed by atoms with Gasteiger partial charge in [-0.3, -0.25) is 9.59 Å². The van der Waals surface area contributed by atoms with E-state index in [2.05, 4.69) is 17.1 Å². The van der Waals surface area contributed by atoms with Crippen LogP contribution >= 0.6 is 0 Å². The van der Waals surface area contributed by atoms with E-state index in [1.165, 1.54) is 16.6 Å². The van der Waals surface area contributed by atoms with E-state index in [4.69, 9.17) is 0 Å². The number of rotatable bonds is 2. The van der Waals surface area contributed by atoms with E-state index in [1.807, 2.05) is 49.1 Å². The molecule has 3 heterocycles. The monoisotopic (exact) mass is 385 g/mol. The Balaban J connectivity index is 1.60. The molecule has 0 saturated heterocycles. The average Bonchev–Trinajstić information content (AvgIpc) is 3.11. The molecule has 1 N–H and O–H groups in total. The predicted octanol–water partition coefficient (Wildman–Crippen LogP) is 4.26. The number of nitrogens with zero attached hydrogens (tertiary/aromatic N) is 2. The fourth-order valence-electron chi connectivity index (χ4n) is 4.38. The zero-order valence-electron chi connectivity index (χ0n) is 16.6. The van der Waals surface area contributed by atoms with Gasteiger partial charge in [0.05, 0.1) is 5.56 Å². The zero-order valence-corrected chi connectivity index (χ0v) is 16.6. The molecule has 1 aliphatic rings. The summed E-state index contributed by atoms with van der Waals surface area (Å²) in [5.74, 6) is -0.0217. The second-order valence-electron chi connectivity index (χ2n) is 8.00. The Morgan fingerprint density at radius 3 is 2.45 bits per heavy atom. The van der Waals surface area contributed by atoms with Crippen LogP contribution in [-0.2, 0) is 13.0 Å². The van der Waals surface area contributed by atoms with Crippen molar-refractivity contribution in [1.82, 2.24) is 14.5 Å². The standard InChI is InChI=1S/C24H23N3O2/c1-15(2)27-14-20(16-7-3-4-9-18(16)24(27)29)23(28)26-12-11-22-19(13-26)17-8-5-6-10-21(17)25-22/h3-10,14-15,25H,11-13H2,1-2H3. The summed E-state index contributed by atoms with van der Waals surface area (Å²) in [5, 5.41) is 2.50. The molecule has 0 aliphatic carbocycles. The Kier molecular flexibility index (Phi) is 4.05. The molecule has 5 heteroatoms. The van der Waals surface area contributed by atoms with Crippen molar-refractivity contribution in [2.45, 2.75) is 32.9 Å². The van der Waals surface area contributed by atoms with Gasteiger partial charge in [0.2, 0.25) is 0 Å². The van der Waals surface area contributed by atoms with E-state index in [9.17, 15) is 9.59 Å². The highest BCUT2D eigenvalue weighted by Gasteiger charge is 2.26. The minimum Gasteiger partial charge on any atom is -0.358 e. The van der Waals surface area contributed by atoms with Crippen molar-refractivity contribution in [3.05, 3.63) is 81.9 Å². The number of amides is 1. The van der Waals surface area contributed by atoms with Crippen LogP contribution in [0.2, 0.25) is 0 Å². The quantitative estimate of drug-likeness (QED) is 0.560. The van der Waals surface area contributed by atoms with Crippen molar-refractivity contribution in [3.63, 3.8) is 0 Å². The molecule has 0 spiro atoms. The fraction of sp³-hybridized carbons (Fsp3) is 0.250. The minimum atomic E-state index is -0.0512. The fourth-order valence-corrected chi connectivity index (χ4v) is 4.38. The van der Waals surface area contributed by atoms with E-state index in [1.54, 1.807) is 16.8 Å². The Labute approximate surface area is 168 Å². The van der Waals surface area contributed by atoms with Crippen molar-refractivity contribution in [3.8, 4) is 0 Å². The number of H-pyrrole nitrogens is 1. The third-order valence-corrected chi connectivity index (χ3v) is 5.91. The average molecular weight is 385 g/mol. The van der Waals surface area contributed by atoms with Gasteiger partial charge in [-0.1, -0.05) is 36.4 Å². The smallest absolute Gasteiger partial charge is 0.258 e. The first kappa shape index (κ1) is 17.7. The van der Waals surface area contributed by atoms with Gasteiger partial charge in [0, 0.05) is 64.7 Å². The van der Waals surface area contributed by atoms with Crippen LogP contribution in [0.25, 0.3) is 21.7 Å². The van der Waals surface area contributed by atoms with E-state index in [0.29, 0.717) is 24.0 Å². The van der Waals surface area contributed by atoms with E-state index in [0.717, 1.165) is 17.3 Å². The molecule has 2 aromatic carbocycles. The van der Waals surface area contributed by atoms with Crippen LogP contribution in [-0.4, -0.2) is 26.9 Å². The van der Waals surface area contributed by atoms with Crippen molar-refractivity contribution < 1.29 is 4.79 Å². The SMILES string of the molecule is CC(C)n1cc(C(=O)N2CCc3[nH]c4ccccc4c3C2)c2ccccc2c1=O. The lowest BCUT2D eigenvalue weighted by Gasteiger charge is -2.28. The number of hydrogen-bond donors (Lipinski definition) is 1. The number of carbonyl (C=O) groups is 1. The van der Waals surface area contributed by atoms with Crippen molar-refractivity contribution in [2.75, 3.05) is 6.54 Å². The van der Waals surface area contributed by atoms with Gasteiger partial charge in [-0.2, -0.15) is 0 Å². The molecular weight excluding hydrogens is 362 g/mol. The molecule has 0 bridgehead atoms. The van der Waals surface area contributed by atoms with E-state index in [-0.39, 0.29) is 17.5 Å². The number of nitrogens with one attached hydrogen (secondary N) is 1. The third kappa shape index (κ3) is 2.77. The molecule has 0 fully saturated rings. The Morgan fingerprint density at radius 1 is 1.00 bits per heavy atom. The van der Waals surface area contributed by atoms with Crippen LogP contribution in [0.5, 0.6) is 0 Å². The minimum absolute atomic E-state index is 0.0137.